The molecule has 49 heavy (non-hydrogen) atoms. The van der Waals surface area contributed by atoms with Crippen LogP contribution in [0.15, 0.2) is 112 Å². The normalized spacial score (nSPS) is 17.0. The van der Waals surface area contributed by atoms with Crippen LogP contribution in [0.1, 0.15) is 40.3 Å². The molecule has 0 saturated carbocycles. The Morgan fingerprint density at radius 3 is 2.35 bits per heavy atom. The third-order valence-electron chi connectivity index (χ3n) is 7.67. The first-order valence-electron chi connectivity index (χ1n) is 15.2. The predicted octanol–water partition coefficient (Wildman–Crippen LogP) is 7.74. The highest BCUT2D eigenvalue weighted by Crippen LogP contribution is 2.44. The van der Waals surface area contributed by atoms with Crippen LogP contribution in [0.4, 0.5) is 13.2 Å². The maximum atomic E-state index is 14.5. The molecule has 1 heterocycles. The van der Waals surface area contributed by atoms with Gasteiger partial charge in [0.25, 0.3) is 5.91 Å². The summed E-state index contributed by atoms with van der Waals surface area (Å²) in [6.45, 7) is 0.326. The summed E-state index contributed by atoms with van der Waals surface area (Å²) in [6, 6.07) is 26.8. The van der Waals surface area contributed by atoms with Crippen LogP contribution in [-0.4, -0.2) is 42.0 Å². The molecule has 2 atom stereocenters. The number of aliphatic imine (C=N–C) groups is 1. The molecule has 1 aliphatic heterocycles. The molecule has 0 spiro atoms. The summed E-state index contributed by atoms with van der Waals surface area (Å²) < 4.78 is 55.1. The number of nitrogens with zero attached hydrogens (tertiary/aromatic N) is 4. The Labute approximate surface area is 288 Å². The predicted molar refractivity (Wildman–Crippen MR) is 179 cm³/mol. The molecule has 254 valence electrons. The number of alkyl halides is 3. The van der Waals surface area contributed by atoms with Crippen molar-refractivity contribution in [2.45, 2.75) is 43.9 Å². The maximum absolute atomic E-state index is 14.5. The molecule has 0 aliphatic carbocycles. The number of azide groups is 1. The zero-order valence-corrected chi connectivity index (χ0v) is 27.5. The Balaban J connectivity index is 1.55. The van der Waals surface area contributed by atoms with Crippen LogP contribution in [0.2, 0.25) is 0 Å². The number of aliphatic hydroxyl groups excluding tert-OH is 1. The van der Waals surface area contributed by atoms with Gasteiger partial charge in [0.05, 0.1) is 13.2 Å². The average Bonchev–Trinajstić information content (AvgIpc) is 3.48. The topological polar surface area (TPSA) is 138 Å². The lowest BCUT2D eigenvalue weighted by atomic mass is 9.80. The van der Waals surface area contributed by atoms with Gasteiger partial charge in [-0.25, -0.2) is 4.99 Å². The number of hydrogen-bond acceptors (Lipinski definition) is 7. The Hall–Kier alpha value is -5.04. The summed E-state index contributed by atoms with van der Waals surface area (Å²) in [7, 11) is 0. The molecule has 0 unspecified atom stereocenters. The van der Waals surface area contributed by atoms with Gasteiger partial charge in [0.15, 0.2) is 11.6 Å². The van der Waals surface area contributed by atoms with Crippen LogP contribution in [0.3, 0.4) is 0 Å². The van der Waals surface area contributed by atoms with Gasteiger partial charge in [-0.1, -0.05) is 69.6 Å². The minimum Gasteiger partial charge on any atom is -0.494 e. The number of ether oxygens (including phenoxy) is 3. The van der Waals surface area contributed by atoms with E-state index in [2.05, 4.69) is 36.0 Å². The van der Waals surface area contributed by atoms with Crippen LogP contribution in [0.25, 0.3) is 10.4 Å². The number of amides is 1. The lowest BCUT2D eigenvalue weighted by molar-refractivity contribution is -0.274. The zero-order chi connectivity index (χ0) is 34.9. The van der Waals surface area contributed by atoms with Gasteiger partial charge in [0, 0.05) is 40.9 Å². The molecule has 1 aliphatic rings. The van der Waals surface area contributed by atoms with E-state index in [4.69, 9.17) is 25.1 Å². The van der Waals surface area contributed by atoms with Crippen molar-refractivity contribution in [3.8, 4) is 11.5 Å². The summed E-state index contributed by atoms with van der Waals surface area (Å²) in [5.74, 6) is -0.0909. The van der Waals surface area contributed by atoms with Gasteiger partial charge in [0.2, 0.25) is 5.90 Å². The third-order valence-corrected chi connectivity index (χ3v) is 8.20. The molecule has 10 nitrogen and oxygen atoms in total. The fourth-order valence-corrected chi connectivity index (χ4v) is 5.62. The molecule has 0 radical (unpaired) electrons. The molecule has 0 fully saturated rings. The van der Waals surface area contributed by atoms with Crippen LogP contribution in [0, 0.1) is 0 Å². The van der Waals surface area contributed by atoms with Crippen molar-refractivity contribution < 1.29 is 37.3 Å². The van der Waals surface area contributed by atoms with Crippen molar-refractivity contribution in [3.05, 3.63) is 140 Å². The highest BCUT2D eigenvalue weighted by atomic mass is 79.9. The molecule has 1 amide bonds. The number of carbonyl (C=O) groups excluding carboxylic acids is 1. The number of carbonyl (C=O) groups is 1. The van der Waals surface area contributed by atoms with E-state index in [1.165, 1.54) is 24.3 Å². The molecular formula is C35H31BrF3N5O5. The third kappa shape index (κ3) is 9.11. The second kappa shape index (κ2) is 15.9. The zero-order valence-electron chi connectivity index (χ0n) is 25.9. The number of aliphatic hydroxyl groups is 1. The van der Waals surface area contributed by atoms with Gasteiger partial charge < -0.3 is 24.6 Å². The minimum atomic E-state index is -4.83. The second-order valence-electron chi connectivity index (χ2n) is 11.1. The van der Waals surface area contributed by atoms with Crippen molar-refractivity contribution in [3.63, 3.8) is 0 Å². The molecule has 0 saturated heterocycles. The van der Waals surface area contributed by atoms with Gasteiger partial charge in [-0.2, -0.15) is 0 Å². The number of nitrogens with one attached hydrogen (secondary N) is 1. The first kappa shape index (κ1) is 35.3. The van der Waals surface area contributed by atoms with E-state index in [1.54, 1.807) is 48.5 Å². The molecule has 14 heteroatoms. The van der Waals surface area contributed by atoms with Crippen LogP contribution >= 0.6 is 15.9 Å². The minimum absolute atomic E-state index is 0.00404. The monoisotopic (exact) mass is 737 g/mol. The number of benzene rings is 4. The Morgan fingerprint density at radius 2 is 1.67 bits per heavy atom. The molecule has 4 aromatic carbocycles. The van der Waals surface area contributed by atoms with Gasteiger partial charge in [-0.05, 0) is 76.3 Å². The summed E-state index contributed by atoms with van der Waals surface area (Å²) in [5, 5.41) is 15.8. The Morgan fingerprint density at radius 1 is 1.00 bits per heavy atom. The average molecular weight is 739 g/mol. The van der Waals surface area contributed by atoms with Crippen molar-refractivity contribution in [2.75, 3.05) is 13.2 Å². The lowest BCUT2D eigenvalue weighted by Crippen LogP contribution is -2.49. The fraction of sp³-hybridized carbons (Fsp3) is 0.257. The summed E-state index contributed by atoms with van der Waals surface area (Å²) >= 11 is 3.45. The van der Waals surface area contributed by atoms with Crippen LogP contribution in [0.5, 0.6) is 11.5 Å². The van der Waals surface area contributed by atoms with Gasteiger partial charge in [-0.3, -0.25) is 4.79 Å². The Bertz CT molecular complexity index is 1820. The maximum Gasteiger partial charge on any atom is 0.573 e. The first-order valence-corrected chi connectivity index (χ1v) is 16.0. The van der Waals surface area contributed by atoms with Crippen molar-refractivity contribution >= 4 is 27.7 Å². The van der Waals surface area contributed by atoms with E-state index in [0.717, 1.165) is 10.0 Å². The molecule has 2 N–H and O–H groups in total. The quantitative estimate of drug-likeness (QED) is 0.0590. The lowest BCUT2D eigenvalue weighted by Gasteiger charge is -2.32. The highest BCUT2D eigenvalue weighted by molar-refractivity contribution is 9.10. The van der Waals surface area contributed by atoms with E-state index in [-0.39, 0.29) is 37.8 Å². The molecular weight excluding hydrogens is 707 g/mol. The SMILES string of the molecule is [N-]=[N+]=NCc1ccccc1[C@H]1OC(c2ccc(OCCCO)cc2)=N[C@@]1(Cc1ccc(Br)cc1)C(=O)NCc1ccc(OC(F)(F)F)cc1. The van der Waals surface area contributed by atoms with E-state index in [9.17, 15) is 18.0 Å². The van der Waals surface area contributed by atoms with E-state index < -0.39 is 23.9 Å². The van der Waals surface area contributed by atoms with E-state index >= 15 is 0 Å². The smallest absolute Gasteiger partial charge is 0.494 e. The molecule has 0 aromatic heterocycles. The number of halogens is 4. The summed E-state index contributed by atoms with van der Waals surface area (Å²) in [5.41, 5.74) is 10.6. The van der Waals surface area contributed by atoms with Crippen molar-refractivity contribution in [2.24, 2.45) is 10.1 Å². The highest BCUT2D eigenvalue weighted by Gasteiger charge is 2.53. The van der Waals surface area contributed by atoms with Crippen LogP contribution in [-0.2, 0) is 29.0 Å². The van der Waals surface area contributed by atoms with Gasteiger partial charge in [0.1, 0.15) is 11.5 Å². The van der Waals surface area contributed by atoms with E-state index in [1.807, 2.05) is 24.3 Å². The van der Waals surface area contributed by atoms with Crippen molar-refractivity contribution in [1.82, 2.24) is 5.32 Å². The van der Waals surface area contributed by atoms with Gasteiger partial charge >= 0.3 is 6.36 Å². The number of hydrogen-bond donors (Lipinski definition) is 2. The Kier molecular flexibility index (Phi) is 11.4. The van der Waals surface area contributed by atoms with Gasteiger partial charge in [-0.15, -0.1) is 13.2 Å². The molecule has 0 bridgehead atoms. The second-order valence-corrected chi connectivity index (χ2v) is 12.0. The standard InChI is InChI=1S/C35H31BrF3N5O5/c36-27-12-6-23(7-13-27)20-34(33(46)41-21-24-8-14-29(15-9-24)49-35(37,38)39)31(30-5-2-1-4-26(30)22-42-44-40)48-32(43-34)25-10-16-28(17-11-25)47-19-3-18-45/h1-2,4-17,31,45H,3,18-22H2,(H,41,46)/t31-,34-/m1/s1. The van der Waals surface area contributed by atoms with Crippen LogP contribution < -0.4 is 14.8 Å². The fourth-order valence-electron chi connectivity index (χ4n) is 5.36. The van der Waals surface area contributed by atoms with E-state index in [0.29, 0.717) is 41.0 Å². The molecule has 5 rings (SSSR count). The first-order chi connectivity index (χ1) is 23.6. The van der Waals surface area contributed by atoms with Crippen molar-refractivity contribution in [1.29, 1.82) is 0 Å². The largest absolute Gasteiger partial charge is 0.573 e. The summed E-state index contributed by atoms with van der Waals surface area (Å²) in [6.07, 6.45) is -5.21. The molecule has 4 aromatic rings. The number of rotatable bonds is 14. The summed E-state index contributed by atoms with van der Waals surface area (Å²) in [4.78, 5) is 22.5.